The van der Waals surface area contributed by atoms with Crippen LogP contribution >= 0.6 is 0 Å². The van der Waals surface area contributed by atoms with Crippen molar-refractivity contribution in [3.05, 3.63) is 40.6 Å². The summed E-state index contributed by atoms with van der Waals surface area (Å²) in [5.74, 6) is -4.83. The van der Waals surface area contributed by atoms with Crippen LogP contribution in [0.2, 0.25) is 0 Å². The van der Waals surface area contributed by atoms with Gasteiger partial charge in [0.25, 0.3) is 5.91 Å². The van der Waals surface area contributed by atoms with Gasteiger partial charge in [-0.25, -0.2) is 4.98 Å². The third-order valence-electron chi connectivity index (χ3n) is 5.12. The summed E-state index contributed by atoms with van der Waals surface area (Å²) in [5.41, 5.74) is -2.01. The lowest BCUT2D eigenvalue weighted by Crippen LogP contribution is -2.37. The molecule has 0 aliphatic rings. The van der Waals surface area contributed by atoms with Crippen molar-refractivity contribution in [2.75, 3.05) is 11.9 Å². The SMILES string of the molecule is Cc1cc(OCCC(C(F)(F)F)C(F)(F)F)c2nc(C)c(C(=O)Nc3c(C(F)(F)F)n[nH]c3C)n2c1. The Hall–Kier alpha value is -3.46. The maximum Gasteiger partial charge on any atom is 0.437 e. The van der Waals surface area contributed by atoms with Gasteiger partial charge in [-0.2, -0.15) is 44.6 Å². The minimum absolute atomic E-state index is 0.0149. The van der Waals surface area contributed by atoms with Crippen molar-refractivity contribution in [1.29, 1.82) is 0 Å². The molecule has 2 N–H and O–H groups in total. The molecule has 0 unspecified atom stereocenters. The number of fused-ring (bicyclic) bond motifs is 1. The maximum absolute atomic E-state index is 13.2. The minimum atomic E-state index is -5.53. The summed E-state index contributed by atoms with van der Waals surface area (Å²) in [6, 6.07) is 1.29. The van der Waals surface area contributed by atoms with Crippen molar-refractivity contribution in [3.63, 3.8) is 0 Å². The van der Waals surface area contributed by atoms with Crippen LogP contribution in [0.1, 0.15) is 39.6 Å². The van der Waals surface area contributed by atoms with Gasteiger partial charge in [-0.3, -0.25) is 14.3 Å². The van der Waals surface area contributed by atoms with Crippen molar-refractivity contribution < 1.29 is 49.0 Å². The Morgan fingerprint density at radius 3 is 2.25 bits per heavy atom. The monoisotopic (exact) mass is 531 g/mol. The molecule has 0 fully saturated rings. The molecule has 3 heterocycles. The first-order valence-corrected chi connectivity index (χ1v) is 10.1. The summed E-state index contributed by atoms with van der Waals surface area (Å²) in [6.45, 7) is 3.13. The second-order valence-corrected chi connectivity index (χ2v) is 7.92. The van der Waals surface area contributed by atoms with Gasteiger partial charge in [-0.05, 0) is 32.4 Å². The summed E-state index contributed by atoms with van der Waals surface area (Å²) in [4.78, 5) is 17.0. The molecule has 3 aromatic rings. The molecular formula is C20H18F9N5O2. The molecule has 1 amide bonds. The molecule has 0 aliphatic carbocycles. The van der Waals surface area contributed by atoms with Crippen LogP contribution in [-0.2, 0) is 6.18 Å². The number of aryl methyl sites for hydroxylation is 3. The van der Waals surface area contributed by atoms with E-state index in [1.165, 1.54) is 33.0 Å². The summed E-state index contributed by atoms with van der Waals surface area (Å²) in [5, 5.41) is 7.41. The van der Waals surface area contributed by atoms with Gasteiger partial charge in [0.05, 0.1) is 23.7 Å². The number of hydrogen-bond acceptors (Lipinski definition) is 4. The lowest BCUT2D eigenvalue weighted by atomic mass is 10.1. The van der Waals surface area contributed by atoms with Crippen LogP contribution < -0.4 is 10.1 Å². The Bertz CT molecular complexity index is 1260. The molecule has 0 aliphatic heterocycles. The quantitative estimate of drug-likeness (QED) is 0.396. The van der Waals surface area contributed by atoms with E-state index in [0.717, 1.165) is 4.40 Å². The van der Waals surface area contributed by atoms with Crippen molar-refractivity contribution >= 4 is 17.2 Å². The largest absolute Gasteiger partial charge is 0.490 e. The Labute approximate surface area is 196 Å². The number of ether oxygens (including phenoxy) is 1. The van der Waals surface area contributed by atoms with E-state index in [2.05, 4.69) is 20.5 Å². The number of anilines is 1. The third kappa shape index (κ3) is 5.51. The molecule has 16 heteroatoms. The van der Waals surface area contributed by atoms with Gasteiger partial charge in [0.15, 0.2) is 23.0 Å². The highest BCUT2D eigenvalue weighted by Crippen LogP contribution is 2.41. The van der Waals surface area contributed by atoms with Crippen LogP contribution in [0.15, 0.2) is 12.3 Å². The molecule has 0 radical (unpaired) electrons. The number of carbonyl (C=O) groups excluding carboxylic acids is 1. The topological polar surface area (TPSA) is 84.3 Å². The smallest absolute Gasteiger partial charge is 0.437 e. The number of pyridine rings is 1. The van der Waals surface area contributed by atoms with Crippen molar-refractivity contribution in [2.45, 2.75) is 45.7 Å². The van der Waals surface area contributed by atoms with Crippen LogP contribution in [0.5, 0.6) is 5.75 Å². The number of H-pyrrole nitrogens is 1. The van der Waals surface area contributed by atoms with Crippen molar-refractivity contribution in [2.24, 2.45) is 5.92 Å². The zero-order chi connectivity index (χ0) is 27.2. The lowest BCUT2D eigenvalue weighted by Gasteiger charge is -2.22. The third-order valence-corrected chi connectivity index (χ3v) is 5.12. The zero-order valence-electron chi connectivity index (χ0n) is 18.7. The van der Waals surface area contributed by atoms with Gasteiger partial charge in [0.1, 0.15) is 5.69 Å². The highest BCUT2D eigenvalue weighted by Gasteiger charge is 2.56. The molecule has 3 aromatic heterocycles. The number of halogens is 9. The molecule has 0 spiro atoms. The Balaban J connectivity index is 1.92. The predicted molar refractivity (Wildman–Crippen MR) is 107 cm³/mol. The summed E-state index contributed by atoms with van der Waals surface area (Å²) in [7, 11) is 0. The van der Waals surface area contributed by atoms with Crippen molar-refractivity contribution in [3.8, 4) is 5.75 Å². The molecule has 0 aromatic carbocycles. The highest BCUT2D eigenvalue weighted by molar-refractivity contribution is 6.05. The van der Waals surface area contributed by atoms with Gasteiger partial charge in [0.2, 0.25) is 0 Å². The minimum Gasteiger partial charge on any atom is -0.490 e. The average Bonchev–Trinajstić information content (AvgIpc) is 3.22. The second-order valence-electron chi connectivity index (χ2n) is 7.92. The van der Waals surface area contributed by atoms with Crippen LogP contribution in [0.3, 0.4) is 0 Å². The molecule has 7 nitrogen and oxygen atoms in total. The number of carbonyl (C=O) groups is 1. The van der Waals surface area contributed by atoms with E-state index in [1.807, 2.05) is 0 Å². The summed E-state index contributed by atoms with van der Waals surface area (Å²) in [6.07, 6.45) is -16.0. The number of alkyl halides is 9. The fourth-order valence-electron chi connectivity index (χ4n) is 3.50. The zero-order valence-corrected chi connectivity index (χ0v) is 18.7. The Morgan fingerprint density at radius 2 is 1.69 bits per heavy atom. The average molecular weight is 531 g/mol. The van der Waals surface area contributed by atoms with E-state index in [9.17, 15) is 44.3 Å². The molecule has 0 saturated heterocycles. The molecular weight excluding hydrogens is 513 g/mol. The molecule has 36 heavy (non-hydrogen) atoms. The molecule has 0 bridgehead atoms. The van der Waals surface area contributed by atoms with Gasteiger partial charge in [-0.15, -0.1) is 0 Å². The van der Waals surface area contributed by atoms with Crippen LogP contribution in [0, 0.1) is 26.7 Å². The van der Waals surface area contributed by atoms with E-state index in [0.29, 0.717) is 5.56 Å². The first kappa shape index (κ1) is 27.1. The standard InChI is InChI=1S/C20H18F9N5O2/c1-8-6-11(36-5-4-12(18(21,22)23)19(24,25)26)16-30-10(3)14(34(16)7-8)17(35)31-13-9(2)32-33-15(13)20(27,28)29/h6-7,12H,4-5H2,1-3H3,(H,31,35)(H,32,33). The summed E-state index contributed by atoms with van der Waals surface area (Å²) >= 11 is 0. The number of aromatic amines is 1. The Kier molecular flexibility index (Phi) is 6.94. The van der Waals surface area contributed by atoms with Gasteiger partial charge < -0.3 is 10.1 Å². The highest BCUT2D eigenvalue weighted by atomic mass is 19.4. The van der Waals surface area contributed by atoms with E-state index >= 15 is 0 Å². The molecule has 0 saturated carbocycles. The second kappa shape index (κ2) is 9.20. The fourth-order valence-corrected chi connectivity index (χ4v) is 3.50. The number of rotatable bonds is 6. The number of imidazole rings is 1. The normalized spacial score (nSPS) is 13.0. The van der Waals surface area contributed by atoms with Gasteiger partial charge in [0, 0.05) is 12.6 Å². The van der Waals surface area contributed by atoms with Gasteiger partial charge >= 0.3 is 18.5 Å². The number of hydrogen-bond donors (Lipinski definition) is 2. The first-order valence-electron chi connectivity index (χ1n) is 10.1. The number of nitrogens with one attached hydrogen (secondary N) is 2. The van der Waals surface area contributed by atoms with Crippen molar-refractivity contribution in [1.82, 2.24) is 19.6 Å². The van der Waals surface area contributed by atoms with Crippen LogP contribution in [0.4, 0.5) is 45.2 Å². The van der Waals surface area contributed by atoms with E-state index in [4.69, 9.17) is 4.74 Å². The van der Waals surface area contributed by atoms with E-state index in [1.54, 1.807) is 0 Å². The molecule has 198 valence electrons. The Morgan fingerprint density at radius 1 is 1.08 bits per heavy atom. The number of nitrogens with zero attached hydrogens (tertiary/aromatic N) is 3. The first-order chi connectivity index (χ1) is 16.4. The lowest BCUT2D eigenvalue weighted by molar-refractivity contribution is -0.286. The fraction of sp³-hybridized carbons (Fsp3) is 0.450. The summed E-state index contributed by atoms with van der Waals surface area (Å²) < 4.78 is 123. The van der Waals surface area contributed by atoms with Crippen LogP contribution in [-0.4, -0.2) is 44.4 Å². The molecule has 0 atom stereocenters. The van der Waals surface area contributed by atoms with Gasteiger partial charge in [-0.1, -0.05) is 0 Å². The maximum atomic E-state index is 13.2. The predicted octanol–water partition coefficient (Wildman–Crippen LogP) is 5.76. The number of aromatic nitrogens is 4. The van der Waals surface area contributed by atoms with Crippen LogP contribution in [0.25, 0.3) is 5.65 Å². The number of amides is 1. The van der Waals surface area contributed by atoms with E-state index < -0.39 is 54.8 Å². The molecule has 3 rings (SSSR count). The van der Waals surface area contributed by atoms with E-state index in [-0.39, 0.29) is 28.5 Å².